The molecule has 0 aliphatic rings. The summed E-state index contributed by atoms with van der Waals surface area (Å²) >= 11 is 0. The number of nitrogens with zero attached hydrogens (tertiary/aromatic N) is 4. The summed E-state index contributed by atoms with van der Waals surface area (Å²) in [5, 5.41) is 21.7. The van der Waals surface area contributed by atoms with Crippen LogP contribution < -0.4 is 0 Å². The van der Waals surface area contributed by atoms with Crippen LogP contribution in [-0.4, -0.2) is 47.3 Å². The van der Waals surface area contributed by atoms with Crippen LogP contribution in [0.15, 0.2) is 0 Å². The van der Waals surface area contributed by atoms with Gasteiger partial charge in [0.2, 0.25) is 0 Å². The first-order valence-corrected chi connectivity index (χ1v) is 5.16. The molecule has 8 nitrogen and oxygen atoms in total. The maximum atomic E-state index is 10.2. The van der Waals surface area contributed by atoms with Crippen LogP contribution in [0.5, 0.6) is 0 Å². The number of hydrogen-bond donors (Lipinski definition) is 0. The van der Waals surface area contributed by atoms with Gasteiger partial charge in [0.1, 0.15) is 0 Å². The van der Waals surface area contributed by atoms with Gasteiger partial charge < -0.3 is 0 Å². The first kappa shape index (κ1) is 14.4. The zero-order chi connectivity index (χ0) is 12.6. The molecule has 0 saturated carbocycles. The van der Waals surface area contributed by atoms with Gasteiger partial charge in [-0.05, 0) is 12.8 Å². The highest BCUT2D eigenvalue weighted by molar-refractivity contribution is 4.46. The van der Waals surface area contributed by atoms with Crippen molar-refractivity contribution in [1.29, 1.82) is 0 Å². The van der Waals surface area contributed by atoms with Gasteiger partial charge in [0, 0.05) is 0 Å². The summed E-state index contributed by atoms with van der Waals surface area (Å²) in [5.74, 6) is 0. The summed E-state index contributed by atoms with van der Waals surface area (Å²) in [6, 6.07) is 0. The molecule has 16 heavy (non-hydrogen) atoms. The fraction of sp³-hybridized carbons (Fsp3) is 1.00. The Labute approximate surface area is 94.1 Å². The van der Waals surface area contributed by atoms with E-state index in [0.717, 1.165) is 35.7 Å². The molecule has 0 bridgehead atoms. The molecule has 0 N–H and O–H groups in total. The highest BCUT2D eigenvalue weighted by atomic mass is 16.7. The molecule has 0 aromatic heterocycles. The summed E-state index contributed by atoms with van der Waals surface area (Å²) in [7, 11) is 2.86. The van der Waals surface area contributed by atoms with Gasteiger partial charge in [-0.25, -0.2) is 20.2 Å². The maximum Gasteiger partial charge on any atom is 0.159 e. The molecule has 0 fully saturated rings. The van der Waals surface area contributed by atoms with Crippen molar-refractivity contribution >= 4 is 0 Å². The molecule has 0 rings (SSSR count). The Morgan fingerprint density at radius 1 is 0.812 bits per heavy atom. The molecule has 0 aliphatic carbocycles. The molecule has 0 unspecified atom stereocenters. The third-order valence-electron chi connectivity index (χ3n) is 2.27. The fourth-order valence-electron chi connectivity index (χ4n) is 1.20. The number of rotatable bonds is 9. The van der Waals surface area contributed by atoms with Crippen molar-refractivity contribution in [1.82, 2.24) is 10.0 Å². The fourth-order valence-corrected chi connectivity index (χ4v) is 1.20. The molecule has 0 spiro atoms. The lowest BCUT2D eigenvalue weighted by Gasteiger charge is -2.09. The van der Waals surface area contributed by atoms with E-state index in [1.807, 2.05) is 0 Å². The molecule has 0 amide bonds. The van der Waals surface area contributed by atoms with Crippen LogP contribution in [0.2, 0.25) is 0 Å². The smallest absolute Gasteiger partial charge is 0.159 e. The lowest BCUT2D eigenvalue weighted by Crippen LogP contribution is -2.27. The number of hydrogen-bond acceptors (Lipinski definition) is 4. The molecule has 0 aliphatic heterocycles. The van der Waals surface area contributed by atoms with E-state index in [4.69, 9.17) is 0 Å². The Hall–Kier alpha value is -1.60. The van der Waals surface area contributed by atoms with Crippen LogP contribution in [0.3, 0.4) is 0 Å². The minimum Gasteiger partial charge on any atom is -0.235 e. The quantitative estimate of drug-likeness (QED) is 0.332. The van der Waals surface area contributed by atoms with Gasteiger partial charge in [0.05, 0.1) is 27.2 Å². The Bertz CT molecular complexity index is 212. The van der Waals surface area contributed by atoms with Crippen LogP contribution >= 0.6 is 0 Å². The van der Waals surface area contributed by atoms with Gasteiger partial charge in [-0.3, -0.25) is 0 Å². The van der Waals surface area contributed by atoms with Gasteiger partial charge in [0.25, 0.3) is 0 Å². The van der Waals surface area contributed by atoms with Crippen molar-refractivity contribution in [2.45, 2.75) is 25.7 Å². The lowest BCUT2D eigenvalue weighted by atomic mass is 10.2. The first-order chi connectivity index (χ1) is 7.45. The predicted octanol–water partition coefficient (Wildman–Crippen LogP) is 0.794. The molecule has 0 aromatic carbocycles. The van der Waals surface area contributed by atoms with E-state index in [-0.39, 0.29) is 0 Å². The second kappa shape index (κ2) is 7.66. The zero-order valence-corrected chi connectivity index (χ0v) is 9.66. The third-order valence-corrected chi connectivity index (χ3v) is 2.27. The van der Waals surface area contributed by atoms with Crippen molar-refractivity contribution in [3.05, 3.63) is 20.2 Å². The van der Waals surface area contributed by atoms with E-state index in [2.05, 4.69) is 0 Å². The van der Waals surface area contributed by atoms with E-state index in [0.29, 0.717) is 13.1 Å². The highest BCUT2D eigenvalue weighted by Gasteiger charge is 2.07. The van der Waals surface area contributed by atoms with Crippen LogP contribution in [-0.2, 0) is 0 Å². The van der Waals surface area contributed by atoms with Crippen LogP contribution in [0.1, 0.15) is 25.7 Å². The molecular formula is C8H18N4O4. The standard InChI is InChI=1S/C8H18N4O4/c1-9(11(13)14)7-5-3-4-6-8-10(2)12(15)16/h3-8H2,1-2H3. The molecule has 0 atom stereocenters. The maximum absolute atomic E-state index is 10.2. The molecule has 0 aromatic rings. The Morgan fingerprint density at radius 2 is 1.12 bits per heavy atom. The van der Waals surface area contributed by atoms with Crippen molar-refractivity contribution in [2.24, 2.45) is 0 Å². The van der Waals surface area contributed by atoms with Gasteiger partial charge in [0.15, 0.2) is 10.1 Å². The van der Waals surface area contributed by atoms with E-state index >= 15 is 0 Å². The topological polar surface area (TPSA) is 92.8 Å². The average Bonchev–Trinajstić information content (AvgIpc) is 2.21. The van der Waals surface area contributed by atoms with Crippen LogP contribution in [0, 0.1) is 20.2 Å². The minimum atomic E-state index is -0.444. The monoisotopic (exact) mass is 234 g/mol. The second-order valence-corrected chi connectivity index (χ2v) is 3.65. The SMILES string of the molecule is CN(CCCCCCN(C)[N+](=O)[O-])[N+](=O)[O-]. The van der Waals surface area contributed by atoms with Crippen molar-refractivity contribution < 1.29 is 10.1 Å². The Kier molecular flexibility index (Phi) is 6.89. The summed E-state index contributed by atoms with van der Waals surface area (Å²) in [6.45, 7) is 0.830. The molecule has 8 heteroatoms. The van der Waals surface area contributed by atoms with E-state index in [9.17, 15) is 20.2 Å². The van der Waals surface area contributed by atoms with Crippen LogP contribution in [0.4, 0.5) is 0 Å². The van der Waals surface area contributed by atoms with E-state index < -0.39 is 10.1 Å². The third kappa shape index (κ3) is 6.80. The first-order valence-electron chi connectivity index (χ1n) is 5.16. The van der Waals surface area contributed by atoms with Gasteiger partial charge >= 0.3 is 0 Å². The lowest BCUT2D eigenvalue weighted by molar-refractivity contribution is -0.649. The predicted molar refractivity (Wildman–Crippen MR) is 57.7 cm³/mol. The molecule has 0 radical (unpaired) electrons. The van der Waals surface area contributed by atoms with Gasteiger partial charge in [-0.2, -0.15) is 0 Å². The second-order valence-electron chi connectivity index (χ2n) is 3.65. The number of hydrazine groups is 2. The summed E-state index contributed by atoms with van der Waals surface area (Å²) in [6.07, 6.45) is 3.17. The minimum absolute atomic E-state index is 0.415. The summed E-state index contributed by atoms with van der Waals surface area (Å²) in [5.41, 5.74) is 0. The number of unbranched alkanes of at least 4 members (excludes halogenated alkanes) is 3. The molecule has 94 valence electrons. The largest absolute Gasteiger partial charge is 0.235 e. The Morgan fingerprint density at radius 3 is 1.38 bits per heavy atom. The molecule has 0 heterocycles. The van der Waals surface area contributed by atoms with E-state index in [1.165, 1.54) is 14.1 Å². The zero-order valence-electron chi connectivity index (χ0n) is 9.66. The van der Waals surface area contributed by atoms with Crippen molar-refractivity contribution in [3.63, 3.8) is 0 Å². The van der Waals surface area contributed by atoms with Gasteiger partial charge in [-0.1, -0.05) is 12.8 Å². The van der Waals surface area contributed by atoms with Crippen molar-refractivity contribution in [3.8, 4) is 0 Å². The van der Waals surface area contributed by atoms with E-state index in [1.54, 1.807) is 0 Å². The summed E-state index contributed by atoms with van der Waals surface area (Å²) < 4.78 is 0. The molecule has 0 saturated heterocycles. The Balaban J connectivity index is 3.34. The normalized spacial score (nSPS) is 9.88. The van der Waals surface area contributed by atoms with Gasteiger partial charge in [-0.15, -0.1) is 10.0 Å². The van der Waals surface area contributed by atoms with Crippen molar-refractivity contribution in [2.75, 3.05) is 27.2 Å². The highest BCUT2D eigenvalue weighted by Crippen LogP contribution is 2.02. The number of nitro groups is 2. The summed E-state index contributed by atoms with van der Waals surface area (Å²) in [4.78, 5) is 20.5. The molecular weight excluding hydrogens is 216 g/mol. The van der Waals surface area contributed by atoms with Crippen LogP contribution in [0.25, 0.3) is 0 Å². The average molecular weight is 234 g/mol.